The molecule has 0 bridgehead atoms. The number of rotatable bonds is 8. The molecule has 2 amide bonds. The Labute approximate surface area is 179 Å². The van der Waals surface area contributed by atoms with E-state index in [0.29, 0.717) is 40.8 Å². The van der Waals surface area contributed by atoms with Gasteiger partial charge in [0, 0.05) is 18.7 Å². The van der Waals surface area contributed by atoms with Gasteiger partial charge in [0.2, 0.25) is 5.91 Å². The van der Waals surface area contributed by atoms with Crippen molar-refractivity contribution >= 4 is 29.3 Å². The van der Waals surface area contributed by atoms with Gasteiger partial charge in [-0.05, 0) is 49.4 Å². The molecule has 2 aromatic heterocycles. The summed E-state index contributed by atoms with van der Waals surface area (Å²) in [4.78, 5) is 33.4. The van der Waals surface area contributed by atoms with Gasteiger partial charge in [-0.25, -0.2) is 9.97 Å². The summed E-state index contributed by atoms with van der Waals surface area (Å²) in [6, 6.07) is 11.0. The smallest absolute Gasteiger partial charge is 0.256 e. The first-order valence-corrected chi connectivity index (χ1v) is 10.9. The summed E-state index contributed by atoms with van der Waals surface area (Å²) in [6.45, 7) is 4.11. The zero-order chi connectivity index (χ0) is 21.5. The zero-order valence-electron chi connectivity index (χ0n) is 17.2. The van der Waals surface area contributed by atoms with Gasteiger partial charge in [-0.3, -0.25) is 9.59 Å². The molecule has 3 aromatic rings. The topological polar surface area (TPSA) is 97.1 Å². The van der Waals surface area contributed by atoms with Crippen LogP contribution >= 0.6 is 11.8 Å². The predicted molar refractivity (Wildman–Crippen MR) is 117 cm³/mol. The number of carbonyl (C=O) groups excluding carboxylic acids is 2. The van der Waals surface area contributed by atoms with Crippen molar-refractivity contribution in [3.63, 3.8) is 0 Å². The van der Waals surface area contributed by atoms with Crippen LogP contribution in [0, 0.1) is 6.92 Å². The van der Waals surface area contributed by atoms with Gasteiger partial charge in [-0.2, -0.15) is 0 Å². The summed E-state index contributed by atoms with van der Waals surface area (Å²) in [6.07, 6.45) is 4.74. The minimum Gasteiger partial charge on any atom is -0.461 e. The van der Waals surface area contributed by atoms with E-state index in [-0.39, 0.29) is 11.8 Å². The molecule has 0 saturated heterocycles. The lowest BCUT2D eigenvalue weighted by Crippen LogP contribution is -2.25. The molecule has 2 N–H and O–H groups in total. The molecule has 0 spiro atoms. The Hall–Kier alpha value is -3.13. The predicted octanol–water partition coefficient (Wildman–Crippen LogP) is 4.44. The Morgan fingerprint density at radius 1 is 1.13 bits per heavy atom. The average molecular weight is 425 g/mol. The third-order valence-corrected chi connectivity index (χ3v) is 5.07. The highest BCUT2D eigenvalue weighted by atomic mass is 32.2. The molecule has 0 unspecified atom stereocenters. The highest BCUT2D eigenvalue weighted by Gasteiger charge is 2.19. The molecular weight excluding hydrogens is 400 g/mol. The summed E-state index contributed by atoms with van der Waals surface area (Å²) < 4.78 is 5.37. The van der Waals surface area contributed by atoms with Crippen LogP contribution in [0.2, 0.25) is 0 Å². The number of furan rings is 1. The first-order chi connectivity index (χ1) is 14.5. The first-order valence-electron chi connectivity index (χ1n) is 9.65. The summed E-state index contributed by atoms with van der Waals surface area (Å²) in [5.41, 5.74) is 2.72. The van der Waals surface area contributed by atoms with Gasteiger partial charge in [0.25, 0.3) is 5.91 Å². The molecule has 0 aliphatic carbocycles. The number of aryl methyl sites for hydroxylation is 1. The number of carbonyl (C=O) groups is 2. The number of amides is 2. The van der Waals surface area contributed by atoms with E-state index in [1.807, 2.05) is 37.4 Å². The second-order valence-corrected chi connectivity index (χ2v) is 7.47. The zero-order valence-corrected chi connectivity index (χ0v) is 18.0. The number of hydrogen-bond donors (Lipinski definition) is 2. The Bertz CT molecular complexity index is 1020. The number of benzene rings is 1. The molecule has 1 aromatic carbocycles. The molecular formula is C22H24N4O3S. The highest BCUT2D eigenvalue weighted by Crippen LogP contribution is 2.25. The third-order valence-electron chi connectivity index (χ3n) is 4.39. The van der Waals surface area contributed by atoms with Gasteiger partial charge in [0.1, 0.15) is 5.03 Å². The lowest BCUT2D eigenvalue weighted by molar-refractivity contribution is -0.116. The molecule has 3 rings (SSSR count). The van der Waals surface area contributed by atoms with E-state index in [9.17, 15) is 9.59 Å². The molecule has 0 saturated carbocycles. The Morgan fingerprint density at radius 3 is 2.53 bits per heavy atom. The van der Waals surface area contributed by atoms with E-state index in [0.717, 1.165) is 17.7 Å². The number of thioether (sulfide) groups is 1. The minimum atomic E-state index is -0.233. The molecule has 0 fully saturated rings. The summed E-state index contributed by atoms with van der Waals surface area (Å²) in [5.74, 6) is 0.783. The first kappa shape index (κ1) is 21.6. The lowest BCUT2D eigenvalue weighted by Gasteiger charge is -2.12. The molecule has 0 radical (unpaired) electrons. The fourth-order valence-corrected chi connectivity index (χ4v) is 3.52. The number of aromatic nitrogens is 2. The largest absolute Gasteiger partial charge is 0.461 e. The van der Waals surface area contributed by atoms with Crippen LogP contribution in [-0.4, -0.2) is 28.0 Å². The van der Waals surface area contributed by atoms with E-state index in [2.05, 4.69) is 20.6 Å². The maximum absolute atomic E-state index is 12.8. The van der Waals surface area contributed by atoms with Crippen molar-refractivity contribution in [3.8, 4) is 11.6 Å². The molecule has 2 heterocycles. The van der Waals surface area contributed by atoms with Crippen LogP contribution in [0.25, 0.3) is 11.6 Å². The van der Waals surface area contributed by atoms with Crippen LogP contribution in [0.3, 0.4) is 0 Å². The van der Waals surface area contributed by atoms with E-state index in [1.54, 1.807) is 25.3 Å². The third kappa shape index (κ3) is 5.27. The van der Waals surface area contributed by atoms with Crippen LogP contribution in [0.5, 0.6) is 0 Å². The standard InChI is InChI=1S/C22H24N4O3S/c1-4-6-18(27)25-16-10-8-15(9-11-16)13-23-21(28)19-14(2)24-20(26-22(19)30-3)17-7-5-12-29-17/h5,7-12H,4,6,13H2,1-3H3,(H,23,28)(H,25,27). The SMILES string of the molecule is CCCC(=O)Nc1ccc(CNC(=O)c2c(C)nc(-c3ccco3)nc2SC)cc1. The van der Waals surface area contributed by atoms with Crippen molar-refractivity contribution in [3.05, 3.63) is 59.5 Å². The average Bonchev–Trinajstić information content (AvgIpc) is 3.27. The van der Waals surface area contributed by atoms with Crippen molar-refractivity contribution in [2.45, 2.75) is 38.3 Å². The van der Waals surface area contributed by atoms with Crippen molar-refractivity contribution in [2.24, 2.45) is 0 Å². The molecule has 0 atom stereocenters. The van der Waals surface area contributed by atoms with Gasteiger partial charge >= 0.3 is 0 Å². The van der Waals surface area contributed by atoms with Gasteiger partial charge in [-0.1, -0.05) is 19.1 Å². The van der Waals surface area contributed by atoms with Crippen LogP contribution in [0.4, 0.5) is 5.69 Å². The number of anilines is 1. The monoisotopic (exact) mass is 424 g/mol. The molecule has 0 aliphatic rings. The molecule has 8 heteroatoms. The summed E-state index contributed by atoms with van der Waals surface area (Å²) in [5, 5.41) is 6.37. The Morgan fingerprint density at radius 2 is 1.90 bits per heavy atom. The minimum absolute atomic E-state index is 0.00313. The van der Waals surface area contributed by atoms with Crippen molar-refractivity contribution < 1.29 is 14.0 Å². The van der Waals surface area contributed by atoms with Crippen LogP contribution < -0.4 is 10.6 Å². The van der Waals surface area contributed by atoms with Gasteiger partial charge < -0.3 is 15.1 Å². The van der Waals surface area contributed by atoms with E-state index >= 15 is 0 Å². The summed E-state index contributed by atoms with van der Waals surface area (Å²) >= 11 is 1.39. The van der Waals surface area contributed by atoms with Crippen molar-refractivity contribution in [1.82, 2.24) is 15.3 Å². The maximum atomic E-state index is 12.8. The van der Waals surface area contributed by atoms with Crippen LogP contribution in [0.15, 0.2) is 52.1 Å². The highest BCUT2D eigenvalue weighted by molar-refractivity contribution is 7.98. The Kier molecular flexibility index (Phi) is 7.24. The van der Waals surface area contributed by atoms with Crippen LogP contribution in [-0.2, 0) is 11.3 Å². The van der Waals surface area contributed by atoms with Crippen molar-refractivity contribution in [1.29, 1.82) is 0 Å². The molecule has 0 aliphatic heterocycles. The summed E-state index contributed by atoms with van der Waals surface area (Å²) in [7, 11) is 0. The van der Waals surface area contributed by atoms with E-state index in [4.69, 9.17) is 4.42 Å². The van der Waals surface area contributed by atoms with Gasteiger partial charge in [0.15, 0.2) is 11.6 Å². The fourth-order valence-electron chi connectivity index (χ4n) is 2.90. The fraction of sp³-hybridized carbons (Fsp3) is 0.273. The second kappa shape index (κ2) is 10.1. The normalized spacial score (nSPS) is 10.6. The molecule has 156 valence electrons. The molecule has 30 heavy (non-hydrogen) atoms. The van der Waals surface area contributed by atoms with E-state index < -0.39 is 0 Å². The number of nitrogens with zero attached hydrogens (tertiary/aromatic N) is 2. The van der Waals surface area contributed by atoms with Gasteiger partial charge in [-0.15, -0.1) is 11.8 Å². The van der Waals surface area contributed by atoms with Crippen LogP contribution in [0.1, 0.15) is 41.4 Å². The number of hydrogen-bond acceptors (Lipinski definition) is 6. The second-order valence-electron chi connectivity index (χ2n) is 6.67. The lowest BCUT2D eigenvalue weighted by atomic mass is 10.1. The van der Waals surface area contributed by atoms with E-state index in [1.165, 1.54) is 11.8 Å². The number of nitrogens with one attached hydrogen (secondary N) is 2. The van der Waals surface area contributed by atoms with Gasteiger partial charge in [0.05, 0.1) is 17.5 Å². The Balaban J connectivity index is 1.68. The van der Waals surface area contributed by atoms with Crippen molar-refractivity contribution in [2.75, 3.05) is 11.6 Å². The molecule has 7 nitrogen and oxygen atoms in total. The quantitative estimate of drug-likeness (QED) is 0.410. The maximum Gasteiger partial charge on any atom is 0.256 e.